The van der Waals surface area contributed by atoms with E-state index in [1.54, 1.807) is 19.1 Å². The predicted octanol–water partition coefficient (Wildman–Crippen LogP) is 5.11. The van der Waals surface area contributed by atoms with Gasteiger partial charge in [0.1, 0.15) is 18.4 Å². The molecule has 2 amide bonds. The van der Waals surface area contributed by atoms with Gasteiger partial charge in [0.15, 0.2) is 0 Å². The molecule has 1 fully saturated rings. The number of nitrogens with one attached hydrogen (secondary N) is 1. The summed E-state index contributed by atoms with van der Waals surface area (Å²) in [7, 11) is -4.32. The SMILES string of the molecule is Cc1ccc(S(=O)(=O)N(CC(=O)N(Cc2cccc(C)c2)C(C)C(=O)NC2CCCC2)c2ccccc2F)cc1. The minimum atomic E-state index is -4.32. The molecule has 4 rings (SSSR count). The molecule has 9 heteroatoms. The van der Waals surface area contributed by atoms with Gasteiger partial charge in [-0.1, -0.05) is 72.5 Å². The lowest BCUT2D eigenvalue weighted by Gasteiger charge is -2.32. The van der Waals surface area contributed by atoms with Crippen LogP contribution in [0.4, 0.5) is 10.1 Å². The third-order valence-corrected chi connectivity index (χ3v) is 9.09. The number of amides is 2. The number of hydrogen-bond donors (Lipinski definition) is 1. The van der Waals surface area contributed by atoms with Crippen molar-refractivity contribution >= 4 is 27.5 Å². The van der Waals surface area contributed by atoms with E-state index in [1.807, 2.05) is 38.1 Å². The number of sulfonamides is 1. The lowest BCUT2D eigenvalue weighted by Crippen LogP contribution is -2.52. The first-order valence-electron chi connectivity index (χ1n) is 13.6. The molecule has 3 aromatic carbocycles. The first-order valence-corrected chi connectivity index (χ1v) is 15.0. The summed E-state index contributed by atoms with van der Waals surface area (Å²) in [6.45, 7) is 4.81. The Morgan fingerprint density at radius 3 is 2.27 bits per heavy atom. The summed E-state index contributed by atoms with van der Waals surface area (Å²) >= 11 is 0. The van der Waals surface area contributed by atoms with Crippen LogP contribution in [-0.4, -0.2) is 43.8 Å². The van der Waals surface area contributed by atoms with Crippen molar-refractivity contribution < 1.29 is 22.4 Å². The second-order valence-corrected chi connectivity index (χ2v) is 12.3. The van der Waals surface area contributed by atoms with E-state index in [-0.39, 0.29) is 29.1 Å². The van der Waals surface area contributed by atoms with E-state index in [0.29, 0.717) is 0 Å². The molecule has 0 saturated heterocycles. The molecule has 1 saturated carbocycles. The Morgan fingerprint density at radius 1 is 0.950 bits per heavy atom. The molecule has 0 heterocycles. The van der Waals surface area contributed by atoms with Crippen LogP contribution in [0.3, 0.4) is 0 Å². The number of aryl methyl sites for hydroxylation is 2. The molecule has 212 valence electrons. The van der Waals surface area contributed by atoms with Gasteiger partial charge in [0.25, 0.3) is 10.0 Å². The topological polar surface area (TPSA) is 86.8 Å². The lowest BCUT2D eigenvalue weighted by atomic mass is 10.1. The third-order valence-electron chi connectivity index (χ3n) is 7.31. The zero-order valence-electron chi connectivity index (χ0n) is 23.1. The highest BCUT2D eigenvalue weighted by Crippen LogP contribution is 2.27. The Morgan fingerprint density at radius 2 is 1.62 bits per heavy atom. The summed E-state index contributed by atoms with van der Waals surface area (Å²) in [6, 6.07) is 18.4. The average molecular weight is 566 g/mol. The van der Waals surface area contributed by atoms with Crippen LogP contribution < -0.4 is 9.62 Å². The Hall–Kier alpha value is -3.72. The number of rotatable bonds is 10. The Balaban J connectivity index is 1.69. The van der Waals surface area contributed by atoms with Gasteiger partial charge in [-0.05, 0) is 63.4 Å². The van der Waals surface area contributed by atoms with Gasteiger partial charge in [-0.15, -0.1) is 0 Å². The van der Waals surface area contributed by atoms with Crippen molar-refractivity contribution in [2.24, 2.45) is 0 Å². The van der Waals surface area contributed by atoms with E-state index in [0.717, 1.165) is 52.7 Å². The maximum absolute atomic E-state index is 15.0. The summed E-state index contributed by atoms with van der Waals surface area (Å²) in [5.74, 6) is -1.69. The smallest absolute Gasteiger partial charge is 0.264 e. The number of para-hydroxylation sites is 1. The maximum Gasteiger partial charge on any atom is 0.264 e. The monoisotopic (exact) mass is 565 g/mol. The maximum atomic E-state index is 15.0. The Bertz CT molecular complexity index is 1450. The third kappa shape index (κ3) is 6.88. The van der Waals surface area contributed by atoms with Crippen molar-refractivity contribution in [3.63, 3.8) is 0 Å². The summed E-state index contributed by atoms with van der Waals surface area (Å²) in [5, 5.41) is 3.04. The van der Waals surface area contributed by atoms with Gasteiger partial charge in [0.05, 0.1) is 10.6 Å². The molecule has 7 nitrogen and oxygen atoms in total. The highest BCUT2D eigenvalue weighted by Gasteiger charge is 2.34. The van der Waals surface area contributed by atoms with Crippen LogP contribution in [0.25, 0.3) is 0 Å². The predicted molar refractivity (Wildman–Crippen MR) is 154 cm³/mol. The number of carbonyl (C=O) groups is 2. The van der Waals surface area contributed by atoms with Crippen LogP contribution in [-0.2, 0) is 26.2 Å². The Labute approximate surface area is 236 Å². The molecule has 1 aliphatic carbocycles. The fraction of sp³-hybridized carbons (Fsp3) is 0.355. The van der Waals surface area contributed by atoms with Crippen LogP contribution in [0.15, 0.2) is 77.7 Å². The van der Waals surface area contributed by atoms with Crippen LogP contribution in [0, 0.1) is 19.7 Å². The second kappa shape index (κ2) is 12.6. The standard InChI is InChI=1S/C31H36FN3O4S/c1-22-15-17-27(18-16-22)40(38,39)35(29-14-7-6-13-28(29)32)21-30(36)34(20-25-10-8-9-23(2)19-25)24(3)31(37)33-26-11-4-5-12-26/h6-10,13-19,24,26H,4-5,11-12,20-21H2,1-3H3,(H,33,37). The van der Waals surface area contributed by atoms with Gasteiger partial charge in [-0.25, -0.2) is 12.8 Å². The van der Waals surface area contributed by atoms with Crippen LogP contribution in [0.1, 0.15) is 49.3 Å². The van der Waals surface area contributed by atoms with Crippen molar-refractivity contribution in [1.29, 1.82) is 0 Å². The van der Waals surface area contributed by atoms with E-state index in [9.17, 15) is 18.0 Å². The lowest BCUT2D eigenvalue weighted by molar-refractivity contribution is -0.139. The summed E-state index contributed by atoms with van der Waals surface area (Å²) < 4.78 is 43.4. The molecular weight excluding hydrogens is 529 g/mol. The van der Waals surface area contributed by atoms with Crippen LogP contribution in [0.2, 0.25) is 0 Å². The van der Waals surface area contributed by atoms with E-state index < -0.39 is 34.3 Å². The minimum Gasteiger partial charge on any atom is -0.352 e. The number of halogens is 1. The first-order chi connectivity index (χ1) is 19.1. The fourth-order valence-electron chi connectivity index (χ4n) is 4.99. The summed E-state index contributed by atoms with van der Waals surface area (Å²) in [6.07, 6.45) is 3.86. The van der Waals surface area contributed by atoms with Gasteiger partial charge < -0.3 is 10.2 Å². The molecule has 0 bridgehead atoms. The number of benzene rings is 3. The van der Waals surface area contributed by atoms with Gasteiger partial charge >= 0.3 is 0 Å². The number of carbonyl (C=O) groups excluding carboxylic acids is 2. The quantitative estimate of drug-likeness (QED) is 0.370. The zero-order chi connectivity index (χ0) is 28.9. The Kier molecular flexibility index (Phi) is 9.25. The molecule has 3 aromatic rings. The molecule has 0 aliphatic heterocycles. The first kappa shape index (κ1) is 29.3. The number of anilines is 1. The second-order valence-electron chi connectivity index (χ2n) is 10.5. The van der Waals surface area contributed by atoms with E-state index >= 15 is 4.39 Å². The molecule has 1 unspecified atom stereocenters. The van der Waals surface area contributed by atoms with E-state index in [2.05, 4.69) is 5.32 Å². The molecule has 1 aliphatic rings. The molecule has 1 N–H and O–H groups in total. The normalized spacial score (nSPS) is 14.5. The van der Waals surface area contributed by atoms with Crippen molar-refractivity contribution in [3.05, 3.63) is 95.3 Å². The largest absolute Gasteiger partial charge is 0.352 e. The number of nitrogens with zero attached hydrogens (tertiary/aromatic N) is 2. The average Bonchev–Trinajstić information content (AvgIpc) is 3.43. The van der Waals surface area contributed by atoms with Crippen molar-refractivity contribution in [3.8, 4) is 0 Å². The van der Waals surface area contributed by atoms with Crippen molar-refractivity contribution in [2.75, 3.05) is 10.8 Å². The fourth-order valence-corrected chi connectivity index (χ4v) is 6.41. The summed E-state index contributed by atoms with van der Waals surface area (Å²) in [5.41, 5.74) is 2.41. The van der Waals surface area contributed by atoms with Gasteiger partial charge in [-0.2, -0.15) is 0 Å². The minimum absolute atomic E-state index is 0.0581. The molecule has 0 aromatic heterocycles. The van der Waals surface area contributed by atoms with Crippen molar-refractivity contribution in [1.82, 2.24) is 10.2 Å². The van der Waals surface area contributed by atoms with Crippen LogP contribution in [0.5, 0.6) is 0 Å². The molecule has 40 heavy (non-hydrogen) atoms. The van der Waals surface area contributed by atoms with Crippen LogP contribution >= 0.6 is 0 Å². The summed E-state index contributed by atoms with van der Waals surface area (Å²) in [4.78, 5) is 28.5. The van der Waals surface area contributed by atoms with Gasteiger partial charge in [0, 0.05) is 12.6 Å². The molecule has 0 spiro atoms. The molecule has 1 atom stereocenters. The van der Waals surface area contributed by atoms with Crippen molar-refractivity contribution in [2.45, 2.75) is 70.0 Å². The van der Waals surface area contributed by atoms with E-state index in [4.69, 9.17) is 0 Å². The number of hydrogen-bond acceptors (Lipinski definition) is 4. The highest BCUT2D eigenvalue weighted by molar-refractivity contribution is 7.92. The zero-order valence-corrected chi connectivity index (χ0v) is 24.0. The van der Waals surface area contributed by atoms with E-state index in [1.165, 1.54) is 35.2 Å². The van der Waals surface area contributed by atoms with Gasteiger partial charge in [-0.3, -0.25) is 13.9 Å². The highest BCUT2D eigenvalue weighted by atomic mass is 32.2. The van der Waals surface area contributed by atoms with Gasteiger partial charge in [0.2, 0.25) is 11.8 Å². The molecular formula is C31H36FN3O4S. The molecule has 0 radical (unpaired) electrons.